The maximum absolute atomic E-state index is 11.6. The molecule has 0 spiro atoms. The molecular formula is C15H20BrClN2O4. The standard InChI is InChI=1S/C15H20BrClN2O4/c1-22-10-15(21)19-7-6-18-14(20)3-2-8-23-13-5-4-11(16)9-12(13)17/h4-5,9H,2-3,6-8,10H2,1H3,(H,18,20)(H,19,21). The van der Waals surface area contributed by atoms with Crippen molar-refractivity contribution in [3.63, 3.8) is 0 Å². The summed E-state index contributed by atoms with van der Waals surface area (Å²) in [7, 11) is 1.45. The van der Waals surface area contributed by atoms with Crippen LogP contribution in [-0.4, -0.2) is 45.2 Å². The van der Waals surface area contributed by atoms with E-state index in [1.165, 1.54) is 7.11 Å². The highest BCUT2D eigenvalue weighted by Gasteiger charge is 2.04. The van der Waals surface area contributed by atoms with E-state index < -0.39 is 0 Å². The zero-order chi connectivity index (χ0) is 17.1. The molecule has 0 aliphatic heterocycles. The lowest BCUT2D eigenvalue weighted by Crippen LogP contribution is -2.36. The Bertz CT molecular complexity index is 528. The van der Waals surface area contributed by atoms with Gasteiger partial charge in [-0.05, 0) is 24.6 Å². The molecule has 0 aromatic heterocycles. The van der Waals surface area contributed by atoms with Crippen LogP contribution in [0.15, 0.2) is 22.7 Å². The molecule has 0 heterocycles. The van der Waals surface area contributed by atoms with Crippen LogP contribution in [0.25, 0.3) is 0 Å². The van der Waals surface area contributed by atoms with Crippen molar-refractivity contribution in [3.8, 4) is 5.75 Å². The molecular weight excluding hydrogens is 388 g/mol. The lowest BCUT2D eigenvalue weighted by Gasteiger charge is -2.09. The Morgan fingerprint density at radius 2 is 1.91 bits per heavy atom. The summed E-state index contributed by atoms with van der Waals surface area (Å²) in [6, 6.07) is 5.36. The molecule has 6 nitrogen and oxygen atoms in total. The number of benzene rings is 1. The molecule has 128 valence electrons. The van der Waals surface area contributed by atoms with E-state index >= 15 is 0 Å². The molecule has 1 aromatic carbocycles. The lowest BCUT2D eigenvalue weighted by atomic mass is 10.3. The van der Waals surface area contributed by atoms with Crippen LogP contribution in [0.3, 0.4) is 0 Å². The van der Waals surface area contributed by atoms with Crippen LogP contribution in [0.1, 0.15) is 12.8 Å². The van der Waals surface area contributed by atoms with Gasteiger partial charge in [0.1, 0.15) is 12.4 Å². The van der Waals surface area contributed by atoms with Crippen molar-refractivity contribution >= 4 is 39.3 Å². The molecule has 0 atom stereocenters. The minimum Gasteiger partial charge on any atom is -0.492 e. The Morgan fingerprint density at radius 3 is 2.57 bits per heavy atom. The Morgan fingerprint density at radius 1 is 1.22 bits per heavy atom. The Kier molecular flexibility index (Phi) is 9.66. The Hall–Kier alpha value is -1.31. The van der Waals surface area contributed by atoms with Crippen LogP contribution < -0.4 is 15.4 Å². The highest BCUT2D eigenvalue weighted by atomic mass is 79.9. The number of carbonyl (C=O) groups is 2. The number of amides is 2. The molecule has 8 heteroatoms. The van der Waals surface area contributed by atoms with Crippen molar-refractivity contribution in [2.75, 3.05) is 33.4 Å². The maximum atomic E-state index is 11.6. The number of ether oxygens (including phenoxy) is 2. The van der Waals surface area contributed by atoms with Gasteiger partial charge in [-0.2, -0.15) is 0 Å². The zero-order valence-electron chi connectivity index (χ0n) is 12.9. The normalized spacial score (nSPS) is 10.2. The highest BCUT2D eigenvalue weighted by molar-refractivity contribution is 9.10. The molecule has 0 radical (unpaired) electrons. The molecule has 0 fully saturated rings. The topological polar surface area (TPSA) is 76.7 Å². The van der Waals surface area contributed by atoms with Gasteiger partial charge >= 0.3 is 0 Å². The highest BCUT2D eigenvalue weighted by Crippen LogP contribution is 2.27. The maximum Gasteiger partial charge on any atom is 0.246 e. The third kappa shape index (κ3) is 8.78. The van der Waals surface area contributed by atoms with Crippen molar-refractivity contribution in [1.29, 1.82) is 0 Å². The van der Waals surface area contributed by atoms with Crippen LogP contribution in [0.5, 0.6) is 5.75 Å². The SMILES string of the molecule is COCC(=O)NCCNC(=O)CCCOc1ccc(Br)cc1Cl. The van der Waals surface area contributed by atoms with Gasteiger partial charge in [0.25, 0.3) is 0 Å². The van der Waals surface area contributed by atoms with Crippen LogP contribution in [-0.2, 0) is 14.3 Å². The second-order valence-electron chi connectivity index (χ2n) is 4.66. The smallest absolute Gasteiger partial charge is 0.246 e. The Balaban J connectivity index is 2.09. The van der Waals surface area contributed by atoms with Crippen LogP contribution in [0.2, 0.25) is 5.02 Å². The number of rotatable bonds is 10. The van der Waals surface area contributed by atoms with E-state index in [0.29, 0.717) is 43.3 Å². The first-order valence-electron chi connectivity index (χ1n) is 7.13. The van der Waals surface area contributed by atoms with Crippen LogP contribution in [0, 0.1) is 0 Å². The first kappa shape index (κ1) is 19.7. The van der Waals surface area contributed by atoms with Crippen molar-refractivity contribution in [1.82, 2.24) is 10.6 Å². The molecule has 0 aliphatic rings. The summed E-state index contributed by atoms with van der Waals surface area (Å²) in [6.07, 6.45) is 0.925. The molecule has 0 aliphatic carbocycles. The fourth-order valence-electron chi connectivity index (χ4n) is 1.68. The van der Waals surface area contributed by atoms with Gasteiger partial charge in [-0.15, -0.1) is 0 Å². The van der Waals surface area contributed by atoms with Gasteiger partial charge in [-0.25, -0.2) is 0 Å². The number of carbonyl (C=O) groups excluding carboxylic acids is 2. The van der Waals surface area contributed by atoms with Gasteiger partial charge in [0.15, 0.2) is 0 Å². The predicted octanol–water partition coefficient (Wildman–Crippen LogP) is 2.14. The third-order valence-electron chi connectivity index (χ3n) is 2.74. The summed E-state index contributed by atoms with van der Waals surface area (Å²) < 4.78 is 11.1. The molecule has 2 N–H and O–H groups in total. The van der Waals surface area contributed by atoms with Crippen LogP contribution >= 0.6 is 27.5 Å². The van der Waals surface area contributed by atoms with Gasteiger partial charge in [0.2, 0.25) is 11.8 Å². The van der Waals surface area contributed by atoms with Crippen molar-refractivity contribution in [2.24, 2.45) is 0 Å². The Labute approximate surface area is 149 Å². The summed E-state index contributed by atoms with van der Waals surface area (Å²) in [6.45, 7) is 1.18. The number of nitrogens with one attached hydrogen (secondary N) is 2. The predicted molar refractivity (Wildman–Crippen MR) is 91.8 cm³/mol. The summed E-state index contributed by atoms with van der Waals surface area (Å²) in [5.74, 6) is 0.300. The van der Waals surface area contributed by atoms with Gasteiger partial charge in [-0.3, -0.25) is 9.59 Å². The first-order valence-corrected chi connectivity index (χ1v) is 8.30. The molecule has 23 heavy (non-hydrogen) atoms. The molecule has 1 aromatic rings. The van der Waals surface area contributed by atoms with E-state index in [9.17, 15) is 9.59 Å². The first-order chi connectivity index (χ1) is 11.0. The van der Waals surface area contributed by atoms with Gasteiger partial charge < -0.3 is 20.1 Å². The van der Waals surface area contributed by atoms with Crippen molar-refractivity contribution in [2.45, 2.75) is 12.8 Å². The van der Waals surface area contributed by atoms with Gasteiger partial charge in [-0.1, -0.05) is 27.5 Å². The van der Waals surface area contributed by atoms with E-state index in [-0.39, 0.29) is 18.4 Å². The van der Waals surface area contributed by atoms with Gasteiger partial charge in [0.05, 0.1) is 11.6 Å². The average Bonchev–Trinajstić information content (AvgIpc) is 2.50. The molecule has 0 saturated heterocycles. The van der Waals surface area contributed by atoms with Crippen molar-refractivity contribution in [3.05, 3.63) is 27.7 Å². The van der Waals surface area contributed by atoms with E-state index in [1.807, 2.05) is 6.07 Å². The number of hydrogen-bond donors (Lipinski definition) is 2. The second-order valence-corrected chi connectivity index (χ2v) is 5.98. The molecule has 0 saturated carbocycles. The van der Waals surface area contributed by atoms with E-state index in [2.05, 4.69) is 31.3 Å². The summed E-state index contributed by atoms with van der Waals surface area (Å²) >= 11 is 9.34. The van der Waals surface area contributed by atoms with Crippen LogP contribution in [0.4, 0.5) is 0 Å². The fraction of sp³-hybridized carbons (Fsp3) is 0.467. The summed E-state index contributed by atoms with van der Waals surface area (Å²) in [4.78, 5) is 22.7. The quantitative estimate of drug-likeness (QED) is 0.583. The third-order valence-corrected chi connectivity index (χ3v) is 3.53. The van der Waals surface area contributed by atoms with Gasteiger partial charge in [0, 0.05) is 31.1 Å². The molecule has 0 unspecified atom stereocenters. The molecule has 1 rings (SSSR count). The second kappa shape index (κ2) is 11.3. The zero-order valence-corrected chi connectivity index (χ0v) is 15.2. The monoisotopic (exact) mass is 406 g/mol. The van der Waals surface area contributed by atoms with E-state index in [4.69, 9.17) is 16.3 Å². The largest absolute Gasteiger partial charge is 0.492 e. The fourth-order valence-corrected chi connectivity index (χ4v) is 2.41. The number of hydrogen-bond acceptors (Lipinski definition) is 4. The molecule has 2 amide bonds. The summed E-state index contributed by atoms with van der Waals surface area (Å²) in [5.41, 5.74) is 0. The van der Waals surface area contributed by atoms with E-state index in [1.54, 1.807) is 12.1 Å². The number of halogens is 2. The van der Waals surface area contributed by atoms with Crippen molar-refractivity contribution < 1.29 is 19.1 Å². The van der Waals surface area contributed by atoms with E-state index in [0.717, 1.165) is 4.47 Å². The summed E-state index contributed by atoms with van der Waals surface area (Å²) in [5, 5.41) is 5.86. The number of methoxy groups -OCH3 is 1. The minimum absolute atomic E-state index is 0.0178. The minimum atomic E-state index is -0.207. The lowest BCUT2D eigenvalue weighted by molar-refractivity contribution is -0.125. The average molecular weight is 408 g/mol. The molecule has 0 bridgehead atoms.